The molecule has 0 saturated carbocycles. The fraction of sp³-hybridized carbons (Fsp3) is 0. The Labute approximate surface area is 61.7 Å². The second-order valence-electron chi connectivity index (χ2n) is 0.0845. The fourth-order valence-electron chi connectivity index (χ4n) is 0. The monoisotopic (exact) mass is 219 g/mol. The van der Waals surface area contributed by atoms with Gasteiger partial charge in [0.15, 0.2) is 0 Å². The standard InChI is InChI=1S/ClH2NO.Sm/c1-2-3;/h2-3H;. The molecule has 0 bridgehead atoms. The molecule has 0 saturated heterocycles. The molecule has 4 heavy (non-hydrogen) atoms. The molecule has 0 rings (SSSR count). The molecule has 0 aliphatic rings. The minimum atomic E-state index is 0. The average molecular weight is 218 g/mol. The van der Waals surface area contributed by atoms with Crippen LogP contribution in [0.15, 0.2) is 0 Å². The first-order valence-corrected chi connectivity index (χ1v) is 0.791. The van der Waals surface area contributed by atoms with Crippen molar-refractivity contribution in [1.29, 1.82) is 0 Å². The first-order chi connectivity index (χ1) is 1.41. The summed E-state index contributed by atoms with van der Waals surface area (Å²) in [4.78, 5) is 1.22. The second-order valence-corrected chi connectivity index (χ2v) is 0.254. The molecule has 0 aromatic heterocycles. The van der Waals surface area contributed by atoms with Crippen molar-refractivity contribution in [2.24, 2.45) is 0 Å². The Kier molecular flexibility index (Phi) is 20.1. The molecule has 0 fully saturated rings. The van der Waals surface area contributed by atoms with E-state index in [1.165, 1.54) is 5.00 Å². The molecule has 26 valence electrons. The Morgan fingerprint density at radius 1 is 1.75 bits per heavy atom. The number of hydrogen-bond donors (Lipinski definition) is 2. The van der Waals surface area contributed by atoms with Gasteiger partial charge in [-0.15, -0.1) is 5.00 Å². The molecule has 2 nitrogen and oxygen atoms in total. The van der Waals surface area contributed by atoms with Gasteiger partial charge in [-0.05, 0) is 0 Å². The van der Waals surface area contributed by atoms with E-state index in [0.29, 0.717) is 0 Å². The van der Waals surface area contributed by atoms with Crippen LogP contribution in [0, 0.1) is 40.4 Å². The van der Waals surface area contributed by atoms with Gasteiger partial charge in [0.05, 0.1) is 0 Å². The maximum absolute atomic E-state index is 7.08. The molecule has 0 atom stereocenters. The van der Waals surface area contributed by atoms with E-state index < -0.39 is 0 Å². The minimum absolute atomic E-state index is 0. The molecule has 0 spiro atoms. The van der Waals surface area contributed by atoms with Crippen LogP contribution >= 0.6 is 11.8 Å². The molecule has 0 aromatic rings. The van der Waals surface area contributed by atoms with Crippen LogP contribution in [-0.4, -0.2) is 5.21 Å². The molecule has 0 radical (unpaired) electrons. The summed E-state index contributed by atoms with van der Waals surface area (Å²) in [5.74, 6) is 0. The second kappa shape index (κ2) is 8.82. The van der Waals surface area contributed by atoms with Gasteiger partial charge in [-0.1, -0.05) is 0 Å². The Morgan fingerprint density at radius 3 is 1.75 bits per heavy atom. The van der Waals surface area contributed by atoms with Gasteiger partial charge >= 0.3 is 0 Å². The molecule has 0 aliphatic heterocycles. The summed E-state index contributed by atoms with van der Waals surface area (Å²) < 4.78 is 0. The summed E-state index contributed by atoms with van der Waals surface area (Å²) in [6.07, 6.45) is 0. The molecule has 2 N–H and O–H groups in total. The Bertz CT molecular complexity index is 8.00. The van der Waals surface area contributed by atoms with Gasteiger partial charge < -0.3 is 5.21 Å². The number of rotatable bonds is 0. The van der Waals surface area contributed by atoms with E-state index in [9.17, 15) is 0 Å². The van der Waals surface area contributed by atoms with Crippen LogP contribution in [0.5, 0.6) is 0 Å². The van der Waals surface area contributed by atoms with Crippen molar-refractivity contribution < 1.29 is 45.6 Å². The van der Waals surface area contributed by atoms with Crippen LogP contribution in [0.2, 0.25) is 0 Å². The average Bonchev–Trinajstić information content (AvgIpc) is 0.918. The predicted octanol–water partition coefficient (Wildman–Crippen LogP) is 0.119. The van der Waals surface area contributed by atoms with Crippen molar-refractivity contribution in [1.82, 2.24) is 5.00 Å². The first-order valence-electron chi connectivity index (χ1n) is 0.413. The topological polar surface area (TPSA) is 32.3 Å². The summed E-state index contributed by atoms with van der Waals surface area (Å²) in [6, 6.07) is 0. The SMILES string of the molecule is ONCl.[Sm]. The molecule has 0 unspecified atom stereocenters. The van der Waals surface area contributed by atoms with Gasteiger partial charge in [-0.2, -0.15) is 0 Å². The van der Waals surface area contributed by atoms with E-state index in [4.69, 9.17) is 5.21 Å². The molecular weight excluding hydrogens is 216 g/mol. The summed E-state index contributed by atoms with van der Waals surface area (Å²) >= 11 is 4.30. The summed E-state index contributed by atoms with van der Waals surface area (Å²) in [5, 5.41) is 7.08. The smallest absolute Gasteiger partial charge is 0.00268 e. The van der Waals surface area contributed by atoms with Crippen LogP contribution in [0.25, 0.3) is 0 Å². The number of halogens is 1. The van der Waals surface area contributed by atoms with Crippen LogP contribution in [0.1, 0.15) is 0 Å². The molecule has 4 heteroatoms. The number of hydrogen-bond acceptors (Lipinski definition) is 2. The van der Waals surface area contributed by atoms with Gasteiger partial charge in [0.2, 0.25) is 0 Å². The van der Waals surface area contributed by atoms with E-state index in [1.54, 1.807) is 0 Å². The van der Waals surface area contributed by atoms with Gasteiger partial charge in [-0.25, -0.2) is 0 Å². The van der Waals surface area contributed by atoms with Crippen molar-refractivity contribution in [2.75, 3.05) is 0 Å². The van der Waals surface area contributed by atoms with E-state index in [1.807, 2.05) is 0 Å². The predicted molar refractivity (Wildman–Crippen MR) is 10.8 cm³/mol. The van der Waals surface area contributed by atoms with Crippen molar-refractivity contribution in [3.05, 3.63) is 0 Å². The molecular formula is H2ClNOSm. The molecule has 0 amide bonds. The summed E-state index contributed by atoms with van der Waals surface area (Å²) in [5.41, 5.74) is 0. The zero-order chi connectivity index (χ0) is 2.71. The van der Waals surface area contributed by atoms with E-state index >= 15 is 0 Å². The van der Waals surface area contributed by atoms with Gasteiger partial charge in [-0.3, -0.25) is 0 Å². The van der Waals surface area contributed by atoms with Crippen molar-refractivity contribution >= 4 is 11.8 Å². The maximum Gasteiger partial charge on any atom is 0.00268 e. The molecule has 0 aliphatic carbocycles. The Hall–Kier alpha value is 1.55. The van der Waals surface area contributed by atoms with Crippen molar-refractivity contribution in [2.45, 2.75) is 0 Å². The first kappa shape index (κ1) is 9.12. The van der Waals surface area contributed by atoms with Gasteiger partial charge in [0.1, 0.15) is 0 Å². The van der Waals surface area contributed by atoms with E-state index in [2.05, 4.69) is 11.8 Å². The third kappa shape index (κ3) is 9.61. The third-order valence-electron chi connectivity index (χ3n) is 0. The van der Waals surface area contributed by atoms with Crippen LogP contribution in [-0.2, 0) is 0 Å². The van der Waals surface area contributed by atoms with E-state index in [0.717, 1.165) is 0 Å². The quantitative estimate of drug-likeness (QED) is 0.447. The summed E-state index contributed by atoms with van der Waals surface area (Å²) in [7, 11) is 0. The maximum atomic E-state index is 7.08. The summed E-state index contributed by atoms with van der Waals surface area (Å²) in [6.45, 7) is 0. The van der Waals surface area contributed by atoms with Crippen molar-refractivity contribution in [3.63, 3.8) is 0 Å². The normalized spacial score (nSPS) is 4.50. The zero-order valence-corrected chi connectivity index (χ0v) is 5.11. The Balaban J connectivity index is 0. The fourth-order valence-corrected chi connectivity index (χ4v) is 0. The zero-order valence-electron chi connectivity index (χ0n) is 1.73. The van der Waals surface area contributed by atoms with Gasteiger partial charge in [0, 0.05) is 52.2 Å². The largest absolute Gasteiger partial charge is 0.301 e. The van der Waals surface area contributed by atoms with E-state index in [-0.39, 0.29) is 40.4 Å². The van der Waals surface area contributed by atoms with Gasteiger partial charge in [0.25, 0.3) is 0 Å². The third-order valence-corrected chi connectivity index (χ3v) is 0. The molecule has 0 aromatic carbocycles. The van der Waals surface area contributed by atoms with Crippen LogP contribution in [0.4, 0.5) is 0 Å². The van der Waals surface area contributed by atoms with Crippen LogP contribution < -0.4 is 5.00 Å². The number of nitrogens with one attached hydrogen (secondary N) is 1. The van der Waals surface area contributed by atoms with Crippen LogP contribution in [0.3, 0.4) is 0 Å². The van der Waals surface area contributed by atoms with Crippen molar-refractivity contribution in [3.8, 4) is 0 Å². The minimum Gasteiger partial charge on any atom is -0.301 e. The molecule has 0 heterocycles. The Morgan fingerprint density at radius 2 is 1.75 bits per heavy atom.